The molecule has 0 saturated heterocycles. The Balaban J connectivity index is 1.70. The number of benzene rings is 2. The van der Waals surface area contributed by atoms with Crippen molar-refractivity contribution in [3.05, 3.63) is 78.2 Å². The van der Waals surface area contributed by atoms with Crippen LogP contribution in [0.5, 0.6) is 11.5 Å². The molecule has 2 heterocycles. The molecule has 6 nitrogen and oxygen atoms in total. The Bertz CT molecular complexity index is 1080. The lowest BCUT2D eigenvalue weighted by Gasteiger charge is -2.12. The van der Waals surface area contributed by atoms with Crippen LogP contribution in [0.25, 0.3) is 10.8 Å². The first-order valence-corrected chi connectivity index (χ1v) is 8.52. The number of aromatic hydroxyl groups is 1. The Hall–Kier alpha value is -3.67. The average Bonchev–Trinajstić information content (AvgIpc) is 2.71. The van der Waals surface area contributed by atoms with E-state index < -0.39 is 0 Å². The van der Waals surface area contributed by atoms with Crippen molar-refractivity contribution in [2.45, 2.75) is 6.42 Å². The molecule has 4 rings (SSSR count). The lowest BCUT2D eigenvalue weighted by Crippen LogP contribution is -2.02. The Morgan fingerprint density at radius 3 is 2.48 bits per heavy atom. The largest absolute Gasteiger partial charge is 0.504 e. The summed E-state index contributed by atoms with van der Waals surface area (Å²) < 4.78 is 5.08. The van der Waals surface area contributed by atoms with Crippen LogP contribution in [0.3, 0.4) is 0 Å². The number of phenols is 1. The number of phenolic OH excluding ortho intramolecular Hbond substituents is 1. The van der Waals surface area contributed by atoms with E-state index in [1.807, 2.05) is 42.5 Å². The molecule has 27 heavy (non-hydrogen) atoms. The van der Waals surface area contributed by atoms with Crippen LogP contribution < -0.4 is 10.1 Å². The monoisotopic (exact) mass is 358 g/mol. The number of methoxy groups -OCH3 is 1. The third kappa shape index (κ3) is 3.50. The van der Waals surface area contributed by atoms with Crippen LogP contribution in [0.1, 0.15) is 11.3 Å². The van der Waals surface area contributed by atoms with E-state index in [2.05, 4.69) is 20.5 Å². The van der Waals surface area contributed by atoms with Crippen molar-refractivity contribution in [3.8, 4) is 11.5 Å². The summed E-state index contributed by atoms with van der Waals surface area (Å²) in [7, 11) is 1.52. The van der Waals surface area contributed by atoms with E-state index in [1.165, 1.54) is 7.11 Å². The van der Waals surface area contributed by atoms with Crippen LogP contribution in [-0.4, -0.2) is 27.4 Å². The number of pyridine rings is 1. The molecular weight excluding hydrogens is 340 g/mol. The van der Waals surface area contributed by atoms with Crippen LogP contribution in [0.4, 0.5) is 11.5 Å². The van der Waals surface area contributed by atoms with E-state index >= 15 is 0 Å². The van der Waals surface area contributed by atoms with Gasteiger partial charge in [0.15, 0.2) is 17.3 Å². The van der Waals surface area contributed by atoms with Gasteiger partial charge < -0.3 is 15.2 Å². The zero-order valence-corrected chi connectivity index (χ0v) is 14.8. The fraction of sp³-hybridized carbons (Fsp3) is 0.0952. The summed E-state index contributed by atoms with van der Waals surface area (Å²) in [6.45, 7) is 0. The molecule has 4 aromatic rings. The van der Waals surface area contributed by atoms with E-state index in [1.54, 1.807) is 24.5 Å². The molecule has 0 bridgehead atoms. The van der Waals surface area contributed by atoms with E-state index in [0.29, 0.717) is 23.7 Å². The van der Waals surface area contributed by atoms with Gasteiger partial charge in [0, 0.05) is 41.3 Å². The van der Waals surface area contributed by atoms with Crippen molar-refractivity contribution in [2.24, 2.45) is 0 Å². The smallest absolute Gasteiger partial charge is 0.160 e. The van der Waals surface area contributed by atoms with Crippen molar-refractivity contribution >= 4 is 22.3 Å². The molecule has 0 unspecified atom stereocenters. The van der Waals surface area contributed by atoms with E-state index in [4.69, 9.17) is 4.74 Å². The summed E-state index contributed by atoms with van der Waals surface area (Å²) in [6, 6.07) is 17.1. The number of nitrogens with one attached hydrogen (secondary N) is 1. The van der Waals surface area contributed by atoms with E-state index in [-0.39, 0.29) is 5.75 Å². The first kappa shape index (κ1) is 16.8. The number of fused-ring (bicyclic) bond motifs is 1. The third-order valence-electron chi connectivity index (χ3n) is 4.33. The summed E-state index contributed by atoms with van der Waals surface area (Å²) >= 11 is 0. The molecule has 0 aliphatic rings. The summed E-state index contributed by atoms with van der Waals surface area (Å²) in [6.07, 6.45) is 4.23. The summed E-state index contributed by atoms with van der Waals surface area (Å²) in [5, 5.41) is 24.0. The van der Waals surface area contributed by atoms with E-state index in [0.717, 1.165) is 22.0 Å². The molecule has 6 heteroatoms. The topological polar surface area (TPSA) is 80.2 Å². The second kappa shape index (κ2) is 7.29. The third-order valence-corrected chi connectivity index (χ3v) is 4.33. The highest BCUT2D eigenvalue weighted by atomic mass is 16.5. The molecule has 0 fully saturated rings. The highest BCUT2D eigenvalue weighted by Gasteiger charge is 2.11. The van der Waals surface area contributed by atoms with Gasteiger partial charge in [-0.3, -0.25) is 4.98 Å². The van der Waals surface area contributed by atoms with Gasteiger partial charge in [0.2, 0.25) is 0 Å². The lowest BCUT2D eigenvalue weighted by atomic mass is 10.0. The SMILES string of the molecule is COc1ccc(Nc2nnc(Cc3ccncc3)c3ccccc23)cc1O. The number of rotatable bonds is 5. The minimum absolute atomic E-state index is 0.0640. The summed E-state index contributed by atoms with van der Waals surface area (Å²) in [5.41, 5.74) is 2.74. The van der Waals surface area contributed by atoms with Crippen LogP contribution in [-0.2, 0) is 6.42 Å². The molecule has 2 N–H and O–H groups in total. The first-order chi connectivity index (χ1) is 13.2. The van der Waals surface area contributed by atoms with Crippen molar-refractivity contribution in [1.29, 1.82) is 0 Å². The number of nitrogens with zero attached hydrogens (tertiary/aromatic N) is 3. The highest BCUT2D eigenvalue weighted by Crippen LogP contribution is 2.32. The maximum atomic E-state index is 9.98. The maximum absolute atomic E-state index is 9.98. The quantitative estimate of drug-likeness (QED) is 0.560. The molecule has 134 valence electrons. The molecular formula is C21H18N4O2. The highest BCUT2D eigenvalue weighted by molar-refractivity contribution is 5.94. The van der Waals surface area contributed by atoms with Gasteiger partial charge in [-0.25, -0.2) is 0 Å². The molecule has 0 radical (unpaired) electrons. The zero-order valence-electron chi connectivity index (χ0n) is 14.8. The molecule has 0 atom stereocenters. The molecule has 0 saturated carbocycles. The predicted molar refractivity (Wildman–Crippen MR) is 105 cm³/mol. The van der Waals surface area contributed by atoms with Crippen LogP contribution >= 0.6 is 0 Å². The van der Waals surface area contributed by atoms with Crippen LogP contribution in [0.15, 0.2) is 67.0 Å². The molecule has 0 aliphatic carbocycles. The Kier molecular flexibility index (Phi) is 4.53. The summed E-state index contributed by atoms with van der Waals surface area (Å²) in [5.74, 6) is 1.12. The van der Waals surface area contributed by atoms with Crippen molar-refractivity contribution in [3.63, 3.8) is 0 Å². The minimum Gasteiger partial charge on any atom is -0.504 e. The second-order valence-corrected chi connectivity index (χ2v) is 6.08. The second-order valence-electron chi connectivity index (χ2n) is 6.08. The Labute approximate surface area is 156 Å². The number of anilines is 2. The lowest BCUT2D eigenvalue weighted by molar-refractivity contribution is 0.373. The molecule has 0 spiro atoms. The van der Waals surface area contributed by atoms with Gasteiger partial charge in [-0.1, -0.05) is 24.3 Å². The molecule has 2 aromatic carbocycles. The summed E-state index contributed by atoms with van der Waals surface area (Å²) in [4.78, 5) is 4.05. The van der Waals surface area contributed by atoms with Gasteiger partial charge in [-0.2, -0.15) is 5.10 Å². The van der Waals surface area contributed by atoms with Crippen LogP contribution in [0, 0.1) is 0 Å². The van der Waals surface area contributed by atoms with Gasteiger partial charge in [-0.05, 0) is 29.8 Å². The van der Waals surface area contributed by atoms with Crippen molar-refractivity contribution in [2.75, 3.05) is 12.4 Å². The van der Waals surface area contributed by atoms with Gasteiger partial charge in [0.25, 0.3) is 0 Å². The number of aromatic nitrogens is 3. The normalized spacial score (nSPS) is 10.7. The molecule has 2 aromatic heterocycles. The van der Waals surface area contributed by atoms with E-state index in [9.17, 15) is 5.11 Å². The van der Waals surface area contributed by atoms with Gasteiger partial charge >= 0.3 is 0 Å². The molecule has 0 aliphatic heterocycles. The number of hydrogen-bond acceptors (Lipinski definition) is 6. The van der Waals surface area contributed by atoms with Crippen LogP contribution in [0.2, 0.25) is 0 Å². The van der Waals surface area contributed by atoms with Gasteiger partial charge in [-0.15, -0.1) is 5.10 Å². The Morgan fingerprint density at radius 2 is 1.74 bits per heavy atom. The number of hydrogen-bond donors (Lipinski definition) is 2. The Morgan fingerprint density at radius 1 is 0.963 bits per heavy atom. The van der Waals surface area contributed by atoms with Gasteiger partial charge in [0.1, 0.15) is 0 Å². The number of ether oxygens (including phenoxy) is 1. The maximum Gasteiger partial charge on any atom is 0.160 e. The van der Waals surface area contributed by atoms with Crippen molar-refractivity contribution in [1.82, 2.24) is 15.2 Å². The average molecular weight is 358 g/mol. The fourth-order valence-corrected chi connectivity index (χ4v) is 2.98. The van der Waals surface area contributed by atoms with Crippen molar-refractivity contribution < 1.29 is 9.84 Å². The zero-order chi connectivity index (χ0) is 18.6. The fourth-order valence-electron chi connectivity index (χ4n) is 2.98. The predicted octanol–water partition coefficient (Wildman–Crippen LogP) is 4.07. The van der Waals surface area contributed by atoms with Gasteiger partial charge in [0.05, 0.1) is 12.8 Å². The first-order valence-electron chi connectivity index (χ1n) is 8.52. The standard InChI is InChI=1S/C21H18N4O2/c1-27-20-7-6-15(13-19(20)26)23-21-17-5-3-2-4-16(17)18(24-25-21)12-14-8-10-22-11-9-14/h2-11,13,26H,12H2,1H3,(H,23,25). The minimum atomic E-state index is 0.0640. The molecule has 0 amide bonds.